The largest absolute Gasteiger partial charge is 0.337 e. The van der Waals surface area contributed by atoms with Crippen LogP contribution in [-0.2, 0) is 0 Å². The molecule has 0 aliphatic carbocycles. The summed E-state index contributed by atoms with van der Waals surface area (Å²) >= 11 is 11.8. The van der Waals surface area contributed by atoms with Crippen molar-refractivity contribution in [3.63, 3.8) is 0 Å². The van der Waals surface area contributed by atoms with Gasteiger partial charge in [-0.2, -0.15) is 0 Å². The first kappa shape index (κ1) is 15.0. The van der Waals surface area contributed by atoms with Crippen molar-refractivity contribution in [2.24, 2.45) is 5.73 Å². The number of nitro groups is 1. The molecular weight excluding hydrogens is 305 g/mol. The Morgan fingerprint density at radius 1 is 1.45 bits per heavy atom. The molecule has 1 aliphatic rings. The summed E-state index contributed by atoms with van der Waals surface area (Å²) in [5.41, 5.74) is 5.61. The van der Waals surface area contributed by atoms with E-state index < -0.39 is 4.92 Å². The zero-order valence-corrected chi connectivity index (χ0v) is 12.0. The number of hydrogen-bond donors (Lipinski definition) is 1. The first-order valence-corrected chi connectivity index (χ1v) is 6.84. The Morgan fingerprint density at radius 2 is 2.15 bits per heavy atom. The Bertz CT molecular complexity index is 565. The molecule has 1 heterocycles. The van der Waals surface area contributed by atoms with Gasteiger partial charge in [-0.25, -0.2) is 0 Å². The van der Waals surface area contributed by atoms with Crippen molar-refractivity contribution in [1.82, 2.24) is 4.90 Å². The highest BCUT2D eigenvalue weighted by atomic mass is 35.5. The van der Waals surface area contributed by atoms with Crippen LogP contribution in [0.5, 0.6) is 0 Å². The van der Waals surface area contributed by atoms with E-state index in [0.29, 0.717) is 13.1 Å². The molecule has 0 saturated carbocycles. The van der Waals surface area contributed by atoms with E-state index in [1.165, 1.54) is 0 Å². The van der Waals surface area contributed by atoms with Crippen molar-refractivity contribution in [2.45, 2.75) is 18.9 Å². The van der Waals surface area contributed by atoms with Gasteiger partial charge in [-0.15, -0.1) is 0 Å². The minimum absolute atomic E-state index is 0.00877. The first-order valence-electron chi connectivity index (χ1n) is 6.08. The Morgan fingerprint density at radius 3 is 2.75 bits per heavy atom. The highest BCUT2D eigenvalue weighted by Crippen LogP contribution is 2.32. The summed E-state index contributed by atoms with van der Waals surface area (Å²) in [5, 5.41) is 10.8. The molecule has 2 rings (SSSR count). The molecule has 0 spiro atoms. The third-order valence-electron chi connectivity index (χ3n) is 3.20. The fourth-order valence-electron chi connectivity index (χ4n) is 2.20. The molecule has 0 bridgehead atoms. The molecule has 1 saturated heterocycles. The van der Waals surface area contributed by atoms with Crippen LogP contribution < -0.4 is 5.73 Å². The van der Waals surface area contributed by atoms with Crippen molar-refractivity contribution in [3.05, 3.63) is 37.9 Å². The van der Waals surface area contributed by atoms with Crippen molar-refractivity contribution >= 4 is 34.8 Å². The third-order valence-corrected chi connectivity index (χ3v) is 4.00. The van der Waals surface area contributed by atoms with E-state index in [0.717, 1.165) is 25.0 Å². The van der Waals surface area contributed by atoms with Crippen molar-refractivity contribution in [3.8, 4) is 0 Å². The fraction of sp³-hybridized carbons (Fsp3) is 0.417. The van der Waals surface area contributed by atoms with Gasteiger partial charge in [-0.3, -0.25) is 14.9 Å². The number of benzene rings is 1. The van der Waals surface area contributed by atoms with Gasteiger partial charge in [-0.1, -0.05) is 23.2 Å². The number of rotatable bonds is 2. The summed E-state index contributed by atoms with van der Waals surface area (Å²) in [6.07, 6.45) is 1.65. The lowest BCUT2D eigenvalue weighted by Gasteiger charge is -2.31. The molecule has 0 aromatic heterocycles. The van der Waals surface area contributed by atoms with Crippen LogP contribution in [0.3, 0.4) is 0 Å². The molecule has 20 heavy (non-hydrogen) atoms. The molecule has 1 aliphatic heterocycles. The number of likely N-dealkylation sites (tertiary alicyclic amines) is 1. The lowest BCUT2D eigenvalue weighted by atomic mass is 10.1. The van der Waals surface area contributed by atoms with Gasteiger partial charge >= 0.3 is 0 Å². The predicted octanol–water partition coefficient (Wildman–Crippen LogP) is 2.46. The number of nitro benzene ring substituents is 1. The molecule has 1 fully saturated rings. The Kier molecular flexibility index (Phi) is 4.47. The summed E-state index contributed by atoms with van der Waals surface area (Å²) in [5.74, 6) is -0.379. The Balaban J connectivity index is 2.35. The highest BCUT2D eigenvalue weighted by Gasteiger charge is 2.26. The molecule has 0 radical (unpaired) electrons. The maximum Gasteiger partial charge on any atom is 0.271 e. The van der Waals surface area contributed by atoms with Crippen molar-refractivity contribution < 1.29 is 9.72 Å². The molecule has 8 heteroatoms. The number of nitrogens with two attached hydrogens (primary N) is 1. The second kappa shape index (κ2) is 5.95. The Hall–Kier alpha value is -1.37. The van der Waals surface area contributed by atoms with Crippen LogP contribution in [0.15, 0.2) is 12.1 Å². The number of nitrogens with zero attached hydrogens (tertiary/aromatic N) is 2. The number of carbonyl (C=O) groups excluding carboxylic acids is 1. The van der Waals surface area contributed by atoms with Crippen LogP contribution in [0.2, 0.25) is 10.0 Å². The number of amides is 1. The van der Waals surface area contributed by atoms with E-state index in [1.54, 1.807) is 4.90 Å². The first-order chi connectivity index (χ1) is 9.40. The maximum atomic E-state index is 12.4. The average molecular weight is 318 g/mol. The third kappa shape index (κ3) is 3.03. The predicted molar refractivity (Wildman–Crippen MR) is 76.2 cm³/mol. The molecule has 1 atom stereocenters. The highest BCUT2D eigenvalue weighted by molar-refractivity contribution is 6.44. The van der Waals surface area contributed by atoms with Crippen molar-refractivity contribution in [2.75, 3.05) is 13.1 Å². The molecule has 108 valence electrons. The quantitative estimate of drug-likeness (QED) is 0.670. The van der Waals surface area contributed by atoms with Gasteiger partial charge in [0, 0.05) is 31.3 Å². The van der Waals surface area contributed by atoms with Crippen molar-refractivity contribution in [1.29, 1.82) is 0 Å². The number of carbonyl (C=O) groups is 1. The number of hydrogen-bond acceptors (Lipinski definition) is 4. The van der Waals surface area contributed by atoms with E-state index in [4.69, 9.17) is 28.9 Å². The second-order valence-corrected chi connectivity index (χ2v) is 5.48. The molecule has 1 aromatic rings. The monoisotopic (exact) mass is 317 g/mol. The SMILES string of the molecule is N[C@@H]1CCCN(C(=O)c2cc([N+](=O)[O-])cc(Cl)c2Cl)C1. The van der Waals surface area contributed by atoms with E-state index in [-0.39, 0.29) is 33.2 Å². The van der Waals surface area contributed by atoms with Crippen LogP contribution in [0, 0.1) is 10.1 Å². The van der Waals surface area contributed by atoms with Crippen LogP contribution in [-0.4, -0.2) is 34.9 Å². The van der Waals surface area contributed by atoms with E-state index >= 15 is 0 Å². The summed E-state index contributed by atoms with van der Waals surface area (Å²) in [6, 6.07) is 2.19. The summed E-state index contributed by atoms with van der Waals surface area (Å²) in [7, 11) is 0. The number of piperidine rings is 1. The molecule has 2 N–H and O–H groups in total. The average Bonchev–Trinajstić information content (AvgIpc) is 2.40. The topological polar surface area (TPSA) is 89.5 Å². The summed E-state index contributed by atoms with van der Waals surface area (Å²) in [6.45, 7) is 0.971. The zero-order valence-electron chi connectivity index (χ0n) is 10.5. The Labute approximate surface area is 125 Å². The minimum atomic E-state index is -0.610. The van der Waals surface area contributed by atoms with Gasteiger partial charge < -0.3 is 10.6 Å². The summed E-state index contributed by atoms with van der Waals surface area (Å²) in [4.78, 5) is 24.2. The van der Waals surface area contributed by atoms with E-state index in [9.17, 15) is 14.9 Å². The van der Waals surface area contributed by atoms with Crippen LogP contribution >= 0.6 is 23.2 Å². The molecule has 6 nitrogen and oxygen atoms in total. The van der Waals surface area contributed by atoms with Gasteiger partial charge in [0.25, 0.3) is 11.6 Å². The molecule has 1 aromatic carbocycles. The lowest BCUT2D eigenvalue weighted by Crippen LogP contribution is -2.45. The van der Waals surface area contributed by atoms with Gasteiger partial charge in [-0.05, 0) is 12.8 Å². The van der Waals surface area contributed by atoms with Crippen LogP contribution in [0.25, 0.3) is 0 Å². The van der Waals surface area contributed by atoms with E-state index in [2.05, 4.69) is 0 Å². The van der Waals surface area contributed by atoms with Gasteiger partial charge in [0.05, 0.1) is 20.5 Å². The smallest absolute Gasteiger partial charge is 0.271 e. The fourth-order valence-corrected chi connectivity index (χ4v) is 2.60. The zero-order chi connectivity index (χ0) is 14.9. The molecular formula is C12H13Cl2N3O3. The lowest BCUT2D eigenvalue weighted by molar-refractivity contribution is -0.384. The molecule has 1 amide bonds. The minimum Gasteiger partial charge on any atom is -0.337 e. The molecule has 0 unspecified atom stereocenters. The maximum absolute atomic E-state index is 12.4. The normalized spacial score (nSPS) is 18.9. The van der Waals surface area contributed by atoms with Gasteiger partial charge in [0.15, 0.2) is 0 Å². The van der Waals surface area contributed by atoms with Crippen LogP contribution in [0.4, 0.5) is 5.69 Å². The van der Waals surface area contributed by atoms with Gasteiger partial charge in [0.2, 0.25) is 0 Å². The standard InChI is InChI=1S/C12H13Cl2N3O3/c13-10-5-8(17(19)20)4-9(11(10)14)12(18)16-3-1-2-7(15)6-16/h4-5,7H,1-3,6,15H2/t7-/m1/s1. The number of halogens is 2. The van der Waals surface area contributed by atoms with E-state index in [1.807, 2.05) is 0 Å². The second-order valence-electron chi connectivity index (χ2n) is 4.70. The summed E-state index contributed by atoms with van der Waals surface area (Å²) < 4.78 is 0. The number of non-ortho nitro benzene ring substituents is 1. The van der Waals surface area contributed by atoms with Gasteiger partial charge in [0.1, 0.15) is 0 Å². The van der Waals surface area contributed by atoms with Crippen LogP contribution in [0.1, 0.15) is 23.2 Å².